The molecule has 3 aromatic rings. The summed E-state index contributed by atoms with van der Waals surface area (Å²) in [5.74, 6) is 0.573. The third-order valence-electron chi connectivity index (χ3n) is 2.92. The Labute approximate surface area is 110 Å². The van der Waals surface area contributed by atoms with Gasteiger partial charge >= 0.3 is 0 Å². The normalized spacial score (nSPS) is 11.1. The van der Waals surface area contributed by atoms with Gasteiger partial charge in [-0.25, -0.2) is 4.98 Å². The van der Waals surface area contributed by atoms with Gasteiger partial charge in [-0.15, -0.1) is 0 Å². The van der Waals surface area contributed by atoms with Gasteiger partial charge in [-0.05, 0) is 43.2 Å². The second-order valence-corrected chi connectivity index (χ2v) is 4.84. The van der Waals surface area contributed by atoms with Crippen LogP contribution in [0, 0.1) is 13.8 Å². The average molecular weight is 258 g/mol. The Morgan fingerprint density at radius 1 is 1.11 bits per heavy atom. The summed E-state index contributed by atoms with van der Waals surface area (Å²) in [4.78, 5) is 4.51. The Hall–Kier alpha value is -1.80. The molecule has 0 aliphatic rings. The van der Waals surface area contributed by atoms with Crippen LogP contribution in [0.5, 0.6) is 0 Å². The summed E-state index contributed by atoms with van der Waals surface area (Å²) in [5.41, 5.74) is 4.81. The molecule has 0 aliphatic carbocycles. The van der Waals surface area contributed by atoms with Crippen molar-refractivity contribution in [3.63, 3.8) is 0 Å². The fourth-order valence-electron chi connectivity index (χ4n) is 2.13. The third-order valence-corrected chi connectivity index (χ3v) is 3.25. The van der Waals surface area contributed by atoms with Crippen molar-refractivity contribution < 1.29 is 4.42 Å². The first-order valence-corrected chi connectivity index (χ1v) is 6.15. The highest BCUT2D eigenvalue weighted by Gasteiger charge is 2.12. The average Bonchev–Trinajstić information content (AvgIpc) is 2.73. The first kappa shape index (κ1) is 11.3. The molecular weight excluding hydrogens is 246 g/mol. The van der Waals surface area contributed by atoms with Gasteiger partial charge in [0, 0.05) is 0 Å². The van der Waals surface area contributed by atoms with Crippen LogP contribution < -0.4 is 0 Å². The van der Waals surface area contributed by atoms with Crippen LogP contribution in [-0.4, -0.2) is 4.98 Å². The van der Waals surface area contributed by atoms with E-state index >= 15 is 0 Å². The van der Waals surface area contributed by atoms with Gasteiger partial charge in [0.1, 0.15) is 5.52 Å². The lowest BCUT2D eigenvalue weighted by Crippen LogP contribution is -1.78. The van der Waals surface area contributed by atoms with E-state index in [0.717, 1.165) is 22.2 Å². The summed E-state index contributed by atoms with van der Waals surface area (Å²) in [7, 11) is 0. The number of benzene rings is 2. The standard InChI is InChI=1S/C15H12ClNO/c1-9-7-10(2)14-13(8-9)17-15(18-14)11-5-3-4-6-12(11)16/h3-8H,1-2H3. The van der Waals surface area contributed by atoms with Crippen LogP contribution >= 0.6 is 11.6 Å². The maximum Gasteiger partial charge on any atom is 0.228 e. The number of rotatable bonds is 1. The molecule has 3 rings (SSSR count). The number of oxazole rings is 1. The minimum Gasteiger partial charge on any atom is -0.436 e. The zero-order chi connectivity index (χ0) is 12.7. The lowest BCUT2D eigenvalue weighted by molar-refractivity contribution is 0.617. The van der Waals surface area contributed by atoms with E-state index in [9.17, 15) is 0 Å². The maximum atomic E-state index is 6.16. The van der Waals surface area contributed by atoms with Crippen LogP contribution in [0.15, 0.2) is 40.8 Å². The van der Waals surface area contributed by atoms with Crippen molar-refractivity contribution in [2.45, 2.75) is 13.8 Å². The van der Waals surface area contributed by atoms with Gasteiger partial charge in [0.15, 0.2) is 5.58 Å². The Morgan fingerprint density at radius 2 is 1.89 bits per heavy atom. The van der Waals surface area contributed by atoms with E-state index in [1.54, 1.807) is 0 Å². The van der Waals surface area contributed by atoms with Gasteiger partial charge in [0.2, 0.25) is 5.89 Å². The van der Waals surface area contributed by atoms with Crippen LogP contribution in [0.1, 0.15) is 11.1 Å². The van der Waals surface area contributed by atoms with E-state index in [2.05, 4.69) is 18.0 Å². The van der Waals surface area contributed by atoms with Crippen molar-refractivity contribution in [3.8, 4) is 11.5 Å². The van der Waals surface area contributed by atoms with Crippen LogP contribution in [0.3, 0.4) is 0 Å². The van der Waals surface area contributed by atoms with Gasteiger partial charge < -0.3 is 4.42 Å². The lowest BCUT2D eigenvalue weighted by Gasteiger charge is -1.97. The van der Waals surface area contributed by atoms with Crippen LogP contribution in [0.2, 0.25) is 5.02 Å². The van der Waals surface area contributed by atoms with Crippen molar-refractivity contribution >= 4 is 22.7 Å². The largest absolute Gasteiger partial charge is 0.436 e. The molecule has 0 bridgehead atoms. The fourth-order valence-corrected chi connectivity index (χ4v) is 2.34. The number of aromatic nitrogens is 1. The summed E-state index contributed by atoms with van der Waals surface area (Å²) in [6.45, 7) is 4.08. The van der Waals surface area contributed by atoms with Gasteiger partial charge in [0.05, 0.1) is 10.6 Å². The van der Waals surface area contributed by atoms with Crippen LogP contribution in [0.25, 0.3) is 22.6 Å². The van der Waals surface area contributed by atoms with Gasteiger partial charge in [0.25, 0.3) is 0 Å². The van der Waals surface area contributed by atoms with E-state index in [-0.39, 0.29) is 0 Å². The SMILES string of the molecule is Cc1cc(C)c2oc(-c3ccccc3Cl)nc2c1. The summed E-state index contributed by atoms with van der Waals surface area (Å²) in [6.07, 6.45) is 0. The molecule has 0 N–H and O–H groups in total. The highest BCUT2D eigenvalue weighted by Crippen LogP contribution is 2.31. The Balaban J connectivity index is 2.26. The van der Waals surface area contributed by atoms with Gasteiger partial charge in [-0.2, -0.15) is 0 Å². The number of fused-ring (bicyclic) bond motifs is 1. The summed E-state index contributed by atoms with van der Waals surface area (Å²) in [6, 6.07) is 11.7. The molecule has 0 saturated carbocycles. The highest BCUT2D eigenvalue weighted by molar-refractivity contribution is 6.33. The number of halogens is 1. The number of aryl methyl sites for hydroxylation is 2. The highest BCUT2D eigenvalue weighted by atomic mass is 35.5. The summed E-state index contributed by atoms with van der Waals surface area (Å²) in [5, 5.41) is 0.651. The monoisotopic (exact) mass is 257 g/mol. The van der Waals surface area contributed by atoms with E-state index in [0.29, 0.717) is 10.9 Å². The molecule has 0 fully saturated rings. The summed E-state index contributed by atoms with van der Waals surface area (Å²) >= 11 is 6.16. The second kappa shape index (κ2) is 4.14. The van der Waals surface area contributed by atoms with E-state index in [1.165, 1.54) is 5.56 Å². The van der Waals surface area contributed by atoms with Crippen molar-refractivity contribution in [1.82, 2.24) is 4.98 Å². The molecule has 1 heterocycles. The Kier molecular flexibility index (Phi) is 2.60. The van der Waals surface area contributed by atoms with Crippen molar-refractivity contribution in [2.24, 2.45) is 0 Å². The van der Waals surface area contributed by atoms with Crippen molar-refractivity contribution in [3.05, 3.63) is 52.5 Å². The molecule has 18 heavy (non-hydrogen) atoms. The van der Waals surface area contributed by atoms with Crippen molar-refractivity contribution in [1.29, 1.82) is 0 Å². The van der Waals surface area contributed by atoms with E-state index in [4.69, 9.17) is 16.0 Å². The molecule has 0 spiro atoms. The molecule has 0 atom stereocenters. The molecule has 0 aliphatic heterocycles. The van der Waals surface area contributed by atoms with E-state index in [1.807, 2.05) is 37.3 Å². The van der Waals surface area contributed by atoms with E-state index < -0.39 is 0 Å². The molecule has 0 unspecified atom stereocenters. The molecule has 2 aromatic carbocycles. The topological polar surface area (TPSA) is 26.0 Å². The second-order valence-electron chi connectivity index (χ2n) is 4.43. The Morgan fingerprint density at radius 3 is 2.67 bits per heavy atom. The van der Waals surface area contributed by atoms with Gasteiger partial charge in [-0.3, -0.25) is 0 Å². The molecule has 2 nitrogen and oxygen atoms in total. The molecule has 3 heteroatoms. The maximum absolute atomic E-state index is 6.16. The number of hydrogen-bond donors (Lipinski definition) is 0. The molecule has 0 radical (unpaired) electrons. The lowest BCUT2D eigenvalue weighted by atomic mass is 10.1. The minimum absolute atomic E-state index is 0.573. The molecule has 90 valence electrons. The smallest absolute Gasteiger partial charge is 0.228 e. The first-order valence-electron chi connectivity index (χ1n) is 5.78. The number of nitrogens with zero attached hydrogens (tertiary/aromatic N) is 1. The minimum atomic E-state index is 0.573. The molecular formula is C15H12ClNO. The molecule has 1 aromatic heterocycles. The fraction of sp³-hybridized carbons (Fsp3) is 0.133. The summed E-state index contributed by atoms with van der Waals surface area (Å²) < 4.78 is 5.83. The van der Waals surface area contributed by atoms with Crippen LogP contribution in [-0.2, 0) is 0 Å². The third kappa shape index (κ3) is 1.79. The predicted octanol–water partition coefficient (Wildman–Crippen LogP) is 4.77. The number of hydrogen-bond acceptors (Lipinski definition) is 2. The first-order chi connectivity index (χ1) is 8.65. The zero-order valence-corrected chi connectivity index (χ0v) is 11.0. The van der Waals surface area contributed by atoms with Crippen molar-refractivity contribution in [2.75, 3.05) is 0 Å². The van der Waals surface area contributed by atoms with Gasteiger partial charge in [-0.1, -0.05) is 29.8 Å². The Bertz CT molecular complexity index is 730. The predicted molar refractivity (Wildman–Crippen MR) is 73.9 cm³/mol. The molecule has 0 amide bonds. The quantitative estimate of drug-likeness (QED) is 0.628. The van der Waals surface area contributed by atoms with Crippen LogP contribution in [0.4, 0.5) is 0 Å². The molecule has 0 saturated heterocycles. The zero-order valence-electron chi connectivity index (χ0n) is 10.2.